The Hall–Kier alpha value is -1.94. The Labute approximate surface area is 575 Å². The molecule has 0 aromatic rings. The smallest absolute Gasteiger partial charge is 0.462 e. The molecule has 0 aliphatic heterocycles. The summed E-state index contributed by atoms with van der Waals surface area (Å²) in [4.78, 5) is 72.7. The molecule has 3 unspecified atom stereocenters. The predicted octanol–water partition coefficient (Wildman–Crippen LogP) is 21.8. The summed E-state index contributed by atoms with van der Waals surface area (Å²) < 4.78 is 68.4. The fourth-order valence-corrected chi connectivity index (χ4v) is 13.0. The van der Waals surface area contributed by atoms with E-state index >= 15 is 0 Å². The number of carbonyl (C=O) groups excluding carboxylic acids is 4. The van der Waals surface area contributed by atoms with Crippen molar-refractivity contribution in [2.75, 3.05) is 39.6 Å². The minimum Gasteiger partial charge on any atom is -0.462 e. The lowest BCUT2D eigenvalue weighted by Crippen LogP contribution is -2.30. The second-order valence-corrected chi connectivity index (χ2v) is 31.1. The van der Waals surface area contributed by atoms with Crippen LogP contribution >= 0.6 is 15.6 Å². The van der Waals surface area contributed by atoms with E-state index in [1.165, 1.54) is 186 Å². The van der Waals surface area contributed by atoms with Crippen molar-refractivity contribution in [3.05, 3.63) is 0 Å². The predicted molar refractivity (Wildman–Crippen MR) is 381 cm³/mol. The standard InChI is InChI=1S/C75H146O17P2/c1-8-10-11-12-13-35-42-49-56-72(77)85-62-70(91-75(80)59-52-45-38-31-25-24-28-34-41-48-55-68(7)9-2)64-89-93(81,82)87-60-69(76)61-88-94(83,84)90-65-71(63-86-73(78)57-50-43-36-29-23-19-21-27-33-40-47-54-67(5)6)92-74(79)58-51-44-37-30-22-18-16-14-15-17-20-26-32-39-46-53-66(3)4/h66-71,76H,8-65H2,1-7H3,(H,81,82)(H,83,84)/t68?,69-,70+,71+/m0/s1. The molecule has 17 nitrogen and oxygen atoms in total. The summed E-state index contributed by atoms with van der Waals surface area (Å²) in [7, 11) is -9.91. The van der Waals surface area contributed by atoms with Gasteiger partial charge in [0.1, 0.15) is 19.3 Å². The molecule has 3 N–H and O–H groups in total. The van der Waals surface area contributed by atoms with Crippen LogP contribution in [-0.2, 0) is 65.4 Å². The maximum absolute atomic E-state index is 13.1. The molecule has 0 aromatic carbocycles. The third-order valence-electron chi connectivity index (χ3n) is 17.7. The van der Waals surface area contributed by atoms with E-state index in [4.69, 9.17) is 37.0 Å². The third kappa shape index (κ3) is 67.3. The Morgan fingerprint density at radius 3 is 0.809 bits per heavy atom. The SMILES string of the molecule is CCCCCCCCCCC(=O)OC[C@H](COP(=O)(O)OC[C@H](O)COP(=O)(O)OC[C@@H](COC(=O)CCCCCCCCCCCCCC(C)C)OC(=O)CCCCCCCCCCCCCCCCCC(C)C)OC(=O)CCCCCCCCCCCCC(C)CC. The largest absolute Gasteiger partial charge is 0.472 e. The van der Waals surface area contributed by atoms with E-state index in [9.17, 15) is 43.2 Å². The summed E-state index contributed by atoms with van der Waals surface area (Å²) in [6.07, 6.45) is 51.3. The van der Waals surface area contributed by atoms with Gasteiger partial charge in [0.2, 0.25) is 0 Å². The first kappa shape index (κ1) is 92.1. The van der Waals surface area contributed by atoms with Crippen LogP contribution in [0.2, 0.25) is 0 Å². The molecule has 0 aliphatic carbocycles. The third-order valence-corrected chi connectivity index (χ3v) is 19.6. The Bertz CT molecular complexity index is 1840. The molecule has 6 atom stereocenters. The fourth-order valence-electron chi connectivity index (χ4n) is 11.4. The van der Waals surface area contributed by atoms with Crippen molar-refractivity contribution in [3.63, 3.8) is 0 Å². The molecule has 0 heterocycles. The first-order valence-electron chi connectivity index (χ1n) is 38.9. The minimum absolute atomic E-state index is 0.106. The number of unbranched alkanes of at least 4 members (excludes halogenated alkanes) is 40. The van der Waals surface area contributed by atoms with Crippen molar-refractivity contribution in [1.82, 2.24) is 0 Å². The van der Waals surface area contributed by atoms with Crippen LogP contribution in [0.4, 0.5) is 0 Å². The molecule has 558 valence electrons. The van der Waals surface area contributed by atoms with Gasteiger partial charge in [0.15, 0.2) is 12.2 Å². The van der Waals surface area contributed by atoms with Crippen LogP contribution in [-0.4, -0.2) is 96.7 Å². The average molecular weight is 1380 g/mol. The number of esters is 4. The van der Waals surface area contributed by atoms with Gasteiger partial charge in [-0.1, -0.05) is 331 Å². The second-order valence-electron chi connectivity index (χ2n) is 28.2. The van der Waals surface area contributed by atoms with Gasteiger partial charge in [0.25, 0.3) is 0 Å². The molecular weight excluding hydrogens is 1230 g/mol. The topological polar surface area (TPSA) is 237 Å². The lowest BCUT2D eigenvalue weighted by atomic mass is 9.99. The monoisotopic (exact) mass is 1380 g/mol. The number of carbonyl (C=O) groups is 4. The zero-order chi connectivity index (χ0) is 69.4. The van der Waals surface area contributed by atoms with Crippen LogP contribution in [0.25, 0.3) is 0 Å². The number of phosphoric acid groups is 2. The zero-order valence-corrected chi connectivity index (χ0v) is 63.2. The van der Waals surface area contributed by atoms with Gasteiger partial charge in [0.05, 0.1) is 26.4 Å². The molecule has 94 heavy (non-hydrogen) atoms. The van der Waals surface area contributed by atoms with Gasteiger partial charge in [-0.25, -0.2) is 9.13 Å². The highest BCUT2D eigenvalue weighted by atomic mass is 31.2. The summed E-state index contributed by atoms with van der Waals surface area (Å²) in [5, 5.41) is 10.6. The molecule has 0 saturated heterocycles. The number of ether oxygens (including phenoxy) is 4. The van der Waals surface area contributed by atoms with Crippen molar-refractivity contribution in [2.24, 2.45) is 17.8 Å². The summed E-state index contributed by atoms with van der Waals surface area (Å²) in [6.45, 7) is 11.9. The van der Waals surface area contributed by atoms with E-state index in [0.29, 0.717) is 25.7 Å². The molecule has 0 bridgehead atoms. The molecule has 0 radical (unpaired) electrons. The highest BCUT2D eigenvalue weighted by molar-refractivity contribution is 7.47. The number of aliphatic hydroxyl groups excluding tert-OH is 1. The molecule has 0 aromatic heterocycles. The summed E-state index contributed by atoms with van der Waals surface area (Å²) >= 11 is 0. The van der Waals surface area contributed by atoms with E-state index in [1.54, 1.807) is 0 Å². The molecule has 0 saturated carbocycles. The highest BCUT2D eigenvalue weighted by Gasteiger charge is 2.30. The maximum atomic E-state index is 13.1. The Morgan fingerprint density at radius 1 is 0.309 bits per heavy atom. The highest BCUT2D eigenvalue weighted by Crippen LogP contribution is 2.45. The van der Waals surface area contributed by atoms with E-state index in [0.717, 1.165) is 114 Å². The lowest BCUT2D eigenvalue weighted by Gasteiger charge is -2.21. The molecule has 0 amide bonds. The minimum atomic E-state index is -4.96. The quantitative estimate of drug-likeness (QED) is 0.0222. The number of hydrogen-bond acceptors (Lipinski definition) is 15. The average Bonchev–Trinajstić information content (AvgIpc) is 1.96. The van der Waals surface area contributed by atoms with Gasteiger partial charge in [-0.2, -0.15) is 0 Å². The van der Waals surface area contributed by atoms with Crippen LogP contribution in [0, 0.1) is 17.8 Å². The van der Waals surface area contributed by atoms with Crippen LogP contribution in [0.3, 0.4) is 0 Å². The van der Waals surface area contributed by atoms with Crippen molar-refractivity contribution in [2.45, 2.75) is 401 Å². The number of aliphatic hydroxyl groups is 1. The molecule has 0 rings (SSSR count). The first-order chi connectivity index (χ1) is 45.3. The number of phosphoric ester groups is 2. The van der Waals surface area contributed by atoms with E-state index in [1.807, 2.05) is 0 Å². The van der Waals surface area contributed by atoms with Crippen molar-refractivity contribution < 1.29 is 80.2 Å². The lowest BCUT2D eigenvalue weighted by molar-refractivity contribution is -0.161. The maximum Gasteiger partial charge on any atom is 0.472 e. The van der Waals surface area contributed by atoms with E-state index in [-0.39, 0.29) is 25.7 Å². The fraction of sp³-hybridized carbons (Fsp3) is 0.947. The van der Waals surface area contributed by atoms with Crippen LogP contribution in [0.1, 0.15) is 382 Å². The van der Waals surface area contributed by atoms with Crippen molar-refractivity contribution in [3.8, 4) is 0 Å². The van der Waals surface area contributed by atoms with Gasteiger partial charge in [-0.15, -0.1) is 0 Å². The van der Waals surface area contributed by atoms with Crippen LogP contribution < -0.4 is 0 Å². The molecular formula is C75H146O17P2. The van der Waals surface area contributed by atoms with Gasteiger partial charge in [-0.05, 0) is 43.4 Å². The summed E-state index contributed by atoms with van der Waals surface area (Å²) in [5.74, 6) is 0.256. The van der Waals surface area contributed by atoms with Crippen LogP contribution in [0.5, 0.6) is 0 Å². The van der Waals surface area contributed by atoms with Crippen molar-refractivity contribution >= 4 is 39.5 Å². The van der Waals surface area contributed by atoms with Gasteiger partial charge >= 0.3 is 39.5 Å². The van der Waals surface area contributed by atoms with E-state index in [2.05, 4.69) is 48.5 Å². The zero-order valence-electron chi connectivity index (χ0n) is 61.4. The van der Waals surface area contributed by atoms with E-state index < -0.39 is 97.5 Å². The molecule has 0 fully saturated rings. The summed E-state index contributed by atoms with van der Waals surface area (Å²) in [5.41, 5.74) is 0. The van der Waals surface area contributed by atoms with Crippen molar-refractivity contribution in [1.29, 1.82) is 0 Å². The normalized spacial score (nSPS) is 14.4. The number of hydrogen-bond donors (Lipinski definition) is 3. The van der Waals surface area contributed by atoms with Gasteiger partial charge < -0.3 is 33.8 Å². The molecule has 0 aliphatic rings. The summed E-state index contributed by atoms with van der Waals surface area (Å²) in [6, 6.07) is 0. The van der Waals surface area contributed by atoms with Crippen LogP contribution in [0.15, 0.2) is 0 Å². The Kier molecular flexibility index (Phi) is 64.3. The first-order valence-corrected chi connectivity index (χ1v) is 41.9. The van der Waals surface area contributed by atoms with Gasteiger partial charge in [-0.3, -0.25) is 37.3 Å². The molecule has 19 heteroatoms. The van der Waals surface area contributed by atoms with Gasteiger partial charge in [0, 0.05) is 25.7 Å². The molecule has 0 spiro atoms. The number of rotatable bonds is 73. The Balaban J connectivity index is 5.22. The Morgan fingerprint density at radius 2 is 0.543 bits per heavy atom. The second kappa shape index (κ2) is 65.7.